The van der Waals surface area contributed by atoms with Gasteiger partial charge in [-0.25, -0.2) is 10.3 Å². The van der Waals surface area contributed by atoms with Crippen LogP contribution in [0, 0.1) is 12.7 Å². The van der Waals surface area contributed by atoms with Gasteiger partial charge in [-0.1, -0.05) is 0 Å². The van der Waals surface area contributed by atoms with Crippen LogP contribution in [0.25, 0.3) is 0 Å². The van der Waals surface area contributed by atoms with Crippen LogP contribution in [0.3, 0.4) is 0 Å². The van der Waals surface area contributed by atoms with Gasteiger partial charge in [0.1, 0.15) is 11.6 Å². The summed E-state index contributed by atoms with van der Waals surface area (Å²) in [4.78, 5) is 4.37. The summed E-state index contributed by atoms with van der Waals surface area (Å²) in [6, 6.07) is 3.19. The van der Waals surface area contributed by atoms with E-state index in [1.165, 1.54) is 7.11 Å². The molecule has 1 aromatic rings. The minimum Gasteiger partial charge on any atom is -0.497 e. The van der Waals surface area contributed by atoms with Crippen molar-refractivity contribution in [2.75, 3.05) is 7.11 Å². The molecule has 13 heavy (non-hydrogen) atoms. The summed E-state index contributed by atoms with van der Waals surface area (Å²) in [7, 11) is 1.53. The Kier molecular flexibility index (Phi) is 3.22. The van der Waals surface area contributed by atoms with E-state index >= 15 is 0 Å². The summed E-state index contributed by atoms with van der Waals surface area (Å²) in [6.45, 7) is 1.71. The SMILES string of the molecule is COc1cc(C)c(F)c(CON)c1. The fourth-order valence-electron chi connectivity index (χ4n) is 1.12. The summed E-state index contributed by atoms with van der Waals surface area (Å²) in [5, 5.41) is 0. The van der Waals surface area contributed by atoms with E-state index < -0.39 is 0 Å². The van der Waals surface area contributed by atoms with Crippen molar-refractivity contribution in [2.24, 2.45) is 5.90 Å². The summed E-state index contributed by atoms with van der Waals surface area (Å²) in [5.74, 6) is 5.17. The lowest BCUT2D eigenvalue weighted by atomic mass is 10.1. The number of ether oxygens (including phenoxy) is 1. The molecule has 0 aromatic heterocycles. The van der Waals surface area contributed by atoms with Gasteiger partial charge in [-0.05, 0) is 24.6 Å². The molecular weight excluding hydrogens is 173 g/mol. The predicted molar refractivity (Wildman–Crippen MR) is 46.7 cm³/mol. The van der Waals surface area contributed by atoms with Crippen LogP contribution >= 0.6 is 0 Å². The molecule has 0 unspecified atom stereocenters. The zero-order valence-electron chi connectivity index (χ0n) is 7.63. The largest absolute Gasteiger partial charge is 0.497 e. The van der Waals surface area contributed by atoms with Gasteiger partial charge in [0.15, 0.2) is 0 Å². The fraction of sp³-hybridized carbons (Fsp3) is 0.333. The number of nitrogens with two attached hydrogens (primary N) is 1. The summed E-state index contributed by atoms with van der Waals surface area (Å²) < 4.78 is 18.3. The van der Waals surface area contributed by atoms with Crippen LogP contribution in [0.2, 0.25) is 0 Å². The van der Waals surface area contributed by atoms with Gasteiger partial charge in [-0.15, -0.1) is 0 Å². The van der Waals surface area contributed by atoms with Gasteiger partial charge < -0.3 is 4.74 Å². The Balaban J connectivity index is 3.09. The highest BCUT2D eigenvalue weighted by Gasteiger charge is 2.07. The standard InChI is InChI=1S/C9H12FNO2/c1-6-3-8(12-2)4-7(5-13-11)9(6)10/h3-4H,5,11H2,1-2H3. The smallest absolute Gasteiger partial charge is 0.131 e. The fourth-order valence-corrected chi connectivity index (χ4v) is 1.12. The highest BCUT2D eigenvalue weighted by Crippen LogP contribution is 2.20. The van der Waals surface area contributed by atoms with Crippen LogP contribution in [0.4, 0.5) is 4.39 Å². The van der Waals surface area contributed by atoms with Crippen molar-refractivity contribution in [3.63, 3.8) is 0 Å². The van der Waals surface area contributed by atoms with Crippen molar-refractivity contribution in [1.82, 2.24) is 0 Å². The van der Waals surface area contributed by atoms with Crippen molar-refractivity contribution in [3.8, 4) is 5.75 Å². The van der Waals surface area contributed by atoms with Crippen LogP contribution in [-0.2, 0) is 11.4 Å². The van der Waals surface area contributed by atoms with Crippen LogP contribution in [0.5, 0.6) is 5.75 Å². The minimum absolute atomic E-state index is 0.0455. The highest BCUT2D eigenvalue weighted by molar-refractivity contribution is 5.35. The van der Waals surface area contributed by atoms with E-state index in [0.717, 1.165) is 0 Å². The number of aryl methyl sites for hydroxylation is 1. The molecule has 0 fully saturated rings. The maximum atomic E-state index is 13.3. The minimum atomic E-state index is -0.300. The Morgan fingerprint density at radius 3 is 2.69 bits per heavy atom. The first kappa shape index (κ1) is 9.95. The number of rotatable bonds is 3. The molecule has 2 N–H and O–H groups in total. The topological polar surface area (TPSA) is 44.5 Å². The van der Waals surface area contributed by atoms with Crippen molar-refractivity contribution in [2.45, 2.75) is 13.5 Å². The molecule has 0 saturated carbocycles. The second-order valence-electron chi connectivity index (χ2n) is 2.73. The molecule has 0 amide bonds. The molecule has 0 saturated heterocycles. The number of hydrogen-bond acceptors (Lipinski definition) is 3. The molecule has 0 radical (unpaired) electrons. The van der Waals surface area contributed by atoms with Crippen LogP contribution in [0.1, 0.15) is 11.1 Å². The lowest BCUT2D eigenvalue weighted by Crippen LogP contribution is -2.03. The maximum absolute atomic E-state index is 13.3. The average molecular weight is 185 g/mol. The third-order valence-corrected chi connectivity index (χ3v) is 1.78. The first-order valence-electron chi connectivity index (χ1n) is 3.83. The van der Waals surface area contributed by atoms with Crippen molar-refractivity contribution < 1.29 is 14.0 Å². The van der Waals surface area contributed by atoms with E-state index in [1.807, 2.05) is 0 Å². The van der Waals surface area contributed by atoms with Crippen LogP contribution in [-0.4, -0.2) is 7.11 Å². The van der Waals surface area contributed by atoms with E-state index in [4.69, 9.17) is 10.6 Å². The summed E-state index contributed by atoms with van der Waals surface area (Å²) in [6.07, 6.45) is 0. The number of methoxy groups -OCH3 is 1. The van der Waals surface area contributed by atoms with Gasteiger partial charge in [0.2, 0.25) is 0 Å². The van der Waals surface area contributed by atoms with Crippen molar-refractivity contribution >= 4 is 0 Å². The highest BCUT2D eigenvalue weighted by atomic mass is 19.1. The molecule has 4 heteroatoms. The van der Waals surface area contributed by atoms with Gasteiger partial charge in [0.25, 0.3) is 0 Å². The third kappa shape index (κ3) is 2.17. The Hall–Kier alpha value is -1.13. The predicted octanol–water partition coefficient (Wildman–Crippen LogP) is 1.53. The lowest BCUT2D eigenvalue weighted by molar-refractivity contribution is 0.121. The number of halogens is 1. The Labute approximate surface area is 76.2 Å². The zero-order valence-corrected chi connectivity index (χ0v) is 7.63. The Morgan fingerprint density at radius 1 is 1.46 bits per heavy atom. The quantitative estimate of drug-likeness (QED) is 0.726. The maximum Gasteiger partial charge on any atom is 0.131 e. The average Bonchev–Trinajstić information content (AvgIpc) is 2.13. The van der Waals surface area contributed by atoms with Gasteiger partial charge in [0, 0.05) is 5.56 Å². The second kappa shape index (κ2) is 4.20. The van der Waals surface area contributed by atoms with Crippen molar-refractivity contribution in [1.29, 1.82) is 0 Å². The van der Waals surface area contributed by atoms with Gasteiger partial charge >= 0.3 is 0 Å². The molecule has 0 spiro atoms. The van der Waals surface area contributed by atoms with E-state index in [9.17, 15) is 4.39 Å². The molecule has 0 atom stereocenters. The molecule has 72 valence electrons. The third-order valence-electron chi connectivity index (χ3n) is 1.78. The van der Waals surface area contributed by atoms with Gasteiger partial charge in [-0.3, -0.25) is 4.84 Å². The molecule has 0 aliphatic heterocycles. The summed E-state index contributed by atoms with van der Waals surface area (Å²) in [5.41, 5.74) is 0.922. The normalized spacial score (nSPS) is 10.2. The van der Waals surface area contributed by atoms with Gasteiger partial charge in [-0.2, -0.15) is 0 Å². The molecule has 0 aliphatic rings. The Bertz CT molecular complexity index is 302. The van der Waals surface area contributed by atoms with Crippen LogP contribution in [0.15, 0.2) is 12.1 Å². The lowest BCUT2D eigenvalue weighted by Gasteiger charge is -2.07. The molecular formula is C9H12FNO2. The molecule has 0 aliphatic carbocycles. The summed E-state index contributed by atoms with van der Waals surface area (Å²) >= 11 is 0. The van der Waals surface area contributed by atoms with E-state index in [0.29, 0.717) is 16.9 Å². The monoisotopic (exact) mass is 185 g/mol. The molecule has 0 bridgehead atoms. The van der Waals surface area contributed by atoms with E-state index in [2.05, 4.69) is 4.84 Å². The molecule has 1 aromatic carbocycles. The van der Waals surface area contributed by atoms with Crippen molar-refractivity contribution in [3.05, 3.63) is 29.1 Å². The van der Waals surface area contributed by atoms with E-state index in [1.54, 1.807) is 19.1 Å². The van der Waals surface area contributed by atoms with E-state index in [-0.39, 0.29) is 12.4 Å². The zero-order chi connectivity index (χ0) is 9.84. The Morgan fingerprint density at radius 2 is 2.15 bits per heavy atom. The van der Waals surface area contributed by atoms with Crippen LogP contribution < -0.4 is 10.6 Å². The molecule has 3 nitrogen and oxygen atoms in total. The molecule has 1 rings (SSSR count). The number of hydrogen-bond donors (Lipinski definition) is 1. The number of benzene rings is 1. The molecule has 0 heterocycles. The first-order valence-corrected chi connectivity index (χ1v) is 3.83. The first-order chi connectivity index (χ1) is 6.19. The van der Waals surface area contributed by atoms with Gasteiger partial charge in [0.05, 0.1) is 13.7 Å². The second-order valence-corrected chi connectivity index (χ2v) is 2.73.